The van der Waals surface area contributed by atoms with E-state index in [0.717, 1.165) is 30.5 Å². The lowest BCUT2D eigenvalue weighted by Gasteiger charge is -2.12. The molecule has 0 aliphatic heterocycles. The van der Waals surface area contributed by atoms with Gasteiger partial charge in [0.1, 0.15) is 0 Å². The highest BCUT2D eigenvalue weighted by atomic mass is 16.1. The molecular weight excluding hydrogens is 356 g/mol. The molecule has 1 aromatic carbocycles. The Morgan fingerprint density at radius 2 is 1.66 bits per heavy atom. The summed E-state index contributed by atoms with van der Waals surface area (Å²) in [5.41, 5.74) is 10.8. The normalized spacial score (nSPS) is 11.3. The third-order valence-corrected chi connectivity index (χ3v) is 4.64. The molecule has 1 atom stereocenters. The van der Waals surface area contributed by atoms with Crippen LogP contribution in [0, 0.1) is 5.92 Å². The van der Waals surface area contributed by atoms with Gasteiger partial charge in [-0.15, -0.1) is 0 Å². The summed E-state index contributed by atoms with van der Waals surface area (Å²) in [6.45, 7) is 14.8. The van der Waals surface area contributed by atoms with E-state index in [1.807, 2.05) is 24.4 Å². The highest BCUT2D eigenvalue weighted by Crippen LogP contribution is 2.18. The van der Waals surface area contributed by atoms with Crippen LogP contribution >= 0.6 is 0 Å². The van der Waals surface area contributed by atoms with Crippen LogP contribution in [-0.4, -0.2) is 11.4 Å². The molecule has 2 rings (SSSR count). The van der Waals surface area contributed by atoms with Crippen LogP contribution in [0.1, 0.15) is 57.9 Å². The smallest absolute Gasteiger partial charge is 0.204 e. The maximum Gasteiger partial charge on any atom is 0.204 e. The third kappa shape index (κ3) is 13.2. The van der Waals surface area contributed by atoms with Gasteiger partial charge in [-0.3, -0.25) is 9.78 Å². The van der Waals surface area contributed by atoms with E-state index < -0.39 is 0 Å². The summed E-state index contributed by atoms with van der Waals surface area (Å²) < 4.78 is 0. The Bertz CT molecular complexity index is 718. The van der Waals surface area contributed by atoms with Crippen LogP contribution in [0.4, 0.5) is 0 Å². The minimum absolute atomic E-state index is 0.250. The molecule has 29 heavy (non-hydrogen) atoms. The summed E-state index contributed by atoms with van der Waals surface area (Å²) in [5.74, 6) is 0.632. The average molecular weight is 395 g/mol. The highest BCUT2D eigenvalue weighted by Gasteiger charge is 2.05. The number of pyridine rings is 1. The molecule has 0 bridgehead atoms. The lowest BCUT2D eigenvalue weighted by molar-refractivity contribution is -0.106. The number of primary amides is 1. The minimum atomic E-state index is 0.250. The topological polar surface area (TPSA) is 56.0 Å². The standard InChI is InChI=1S/C18H26.C7H9N.CH3NO/c1-6-17-9-11-18(12-10-17)8-7-15(4)16(5)13-14(2)3;1-2-7-5-3-4-6-8-7;2-1-3/h9-13,15H,2,6-8H2,1,3-5H3;3-6H,2H2,1H3;1H,(H2,2,3)/b16-13-;;. The summed E-state index contributed by atoms with van der Waals surface area (Å²) in [4.78, 5) is 12.7. The van der Waals surface area contributed by atoms with Crippen molar-refractivity contribution in [3.05, 3.63) is 89.3 Å². The van der Waals surface area contributed by atoms with Crippen LogP contribution in [0.25, 0.3) is 0 Å². The molecule has 1 unspecified atom stereocenters. The van der Waals surface area contributed by atoms with Crippen LogP contribution < -0.4 is 5.73 Å². The van der Waals surface area contributed by atoms with Crippen molar-refractivity contribution in [2.24, 2.45) is 11.7 Å². The number of nitrogens with zero attached hydrogens (tertiary/aromatic N) is 1. The Balaban J connectivity index is 0.000000586. The number of benzene rings is 1. The van der Waals surface area contributed by atoms with Crippen molar-refractivity contribution in [3.63, 3.8) is 0 Å². The van der Waals surface area contributed by atoms with E-state index in [0.29, 0.717) is 5.92 Å². The molecule has 2 N–H and O–H groups in total. The maximum absolute atomic E-state index is 8.58. The van der Waals surface area contributed by atoms with Crippen LogP contribution in [-0.2, 0) is 24.1 Å². The van der Waals surface area contributed by atoms with Gasteiger partial charge in [-0.2, -0.15) is 0 Å². The number of nitrogens with two attached hydrogens (primary N) is 1. The van der Waals surface area contributed by atoms with Crippen molar-refractivity contribution < 1.29 is 4.79 Å². The molecule has 158 valence electrons. The molecule has 1 aromatic heterocycles. The number of allylic oxidation sites excluding steroid dienone is 3. The fourth-order valence-electron chi connectivity index (χ4n) is 2.69. The Morgan fingerprint density at radius 3 is 2.07 bits per heavy atom. The first-order valence-electron chi connectivity index (χ1n) is 10.3. The van der Waals surface area contributed by atoms with E-state index in [9.17, 15) is 0 Å². The van der Waals surface area contributed by atoms with Crippen molar-refractivity contribution in [2.75, 3.05) is 0 Å². The van der Waals surface area contributed by atoms with Crippen LogP contribution in [0.3, 0.4) is 0 Å². The first-order chi connectivity index (χ1) is 13.9. The van der Waals surface area contributed by atoms with Crippen LogP contribution in [0.15, 0.2) is 72.5 Å². The Kier molecular flexibility index (Phi) is 14.8. The van der Waals surface area contributed by atoms with Gasteiger partial charge < -0.3 is 5.73 Å². The lowest BCUT2D eigenvalue weighted by atomic mass is 9.93. The van der Waals surface area contributed by atoms with Crippen LogP contribution in [0.5, 0.6) is 0 Å². The van der Waals surface area contributed by atoms with E-state index in [1.54, 1.807) is 0 Å². The molecule has 3 nitrogen and oxygen atoms in total. The molecule has 1 heterocycles. The molecule has 0 fully saturated rings. The van der Waals surface area contributed by atoms with Crippen molar-refractivity contribution in [1.82, 2.24) is 4.98 Å². The maximum atomic E-state index is 8.58. The van der Waals surface area contributed by atoms with Gasteiger partial charge in [-0.05, 0) is 68.7 Å². The molecule has 0 saturated heterocycles. The Labute approximate surface area is 177 Å². The zero-order chi connectivity index (χ0) is 22.1. The predicted molar refractivity (Wildman–Crippen MR) is 126 cm³/mol. The number of hydrogen-bond acceptors (Lipinski definition) is 2. The predicted octanol–water partition coefficient (Wildman–Crippen LogP) is 6.09. The zero-order valence-corrected chi connectivity index (χ0v) is 18.8. The second-order valence-corrected chi connectivity index (χ2v) is 7.16. The number of amides is 1. The van der Waals surface area contributed by atoms with Crippen molar-refractivity contribution in [1.29, 1.82) is 0 Å². The van der Waals surface area contributed by atoms with E-state index in [1.165, 1.54) is 23.1 Å². The van der Waals surface area contributed by atoms with E-state index in [2.05, 4.69) is 82.3 Å². The fourth-order valence-corrected chi connectivity index (χ4v) is 2.69. The summed E-state index contributed by atoms with van der Waals surface area (Å²) in [6.07, 6.45) is 8.79. The number of hydrogen-bond donors (Lipinski definition) is 1. The van der Waals surface area contributed by atoms with E-state index >= 15 is 0 Å². The van der Waals surface area contributed by atoms with Gasteiger partial charge >= 0.3 is 0 Å². The van der Waals surface area contributed by atoms with Gasteiger partial charge in [0.15, 0.2) is 0 Å². The van der Waals surface area contributed by atoms with Gasteiger partial charge in [-0.1, -0.05) is 74.9 Å². The second-order valence-electron chi connectivity index (χ2n) is 7.16. The van der Waals surface area contributed by atoms with Crippen molar-refractivity contribution in [3.8, 4) is 0 Å². The molecule has 0 spiro atoms. The number of aromatic nitrogens is 1. The van der Waals surface area contributed by atoms with E-state index in [4.69, 9.17) is 4.79 Å². The van der Waals surface area contributed by atoms with Crippen LogP contribution in [0.2, 0.25) is 0 Å². The fraction of sp³-hybridized carbons (Fsp3) is 0.385. The molecule has 1 amide bonds. The van der Waals surface area contributed by atoms with Gasteiger partial charge in [0.05, 0.1) is 0 Å². The number of aryl methyl sites for hydroxylation is 3. The van der Waals surface area contributed by atoms with Gasteiger partial charge in [-0.25, -0.2) is 0 Å². The first kappa shape index (κ1) is 26.3. The zero-order valence-electron chi connectivity index (χ0n) is 18.8. The highest BCUT2D eigenvalue weighted by molar-refractivity contribution is 5.42. The largest absolute Gasteiger partial charge is 0.372 e. The van der Waals surface area contributed by atoms with Gasteiger partial charge in [0, 0.05) is 11.9 Å². The number of rotatable bonds is 7. The summed E-state index contributed by atoms with van der Waals surface area (Å²) in [7, 11) is 0. The monoisotopic (exact) mass is 394 g/mol. The number of carbonyl (C=O) groups excluding carboxylic acids is 1. The molecule has 0 radical (unpaired) electrons. The Morgan fingerprint density at radius 1 is 1.07 bits per heavy atom. The second kappa shape index (κ2) is 16.3. The summed E-state index contributed by atoms with van der Waals surface area (Å²) in [5, 5.41) is 0. The minimum Gasteiger partial charge on any atom is -0.372 e. The lowest BCUT2D eigenvalue weighted by Crippen LogP contribution is -1.99. The molecule has 0 aliphatic rings. The summed E-state index contributed by atoms with van der Waals surface area (Å²) in [6, 6.07) is 15.0. The van der Waals surface area contributed by atoms with Crippen molar-refractivity contribution in [2.45, 2.75) is 60.3 Å². The molecule has 2 aromatic rings. The molecule has 0 saturated carbocycles. The Hall–Kier alpha value is -2.68. The van der Waals surface area contributed by atoms with Crippen molar-refractivity contribution >= 4 is 6.41 Å². The third-order valence-electron chi connectivity index (χ3n) is 4.64. The molecule has 3 heteroatoms. The first-order valence-corrected chi connectivity index (χ1v) is 10.3. The molecule has 0 aliphatic carbocycles. The average Bonchev–Trinajstić information content (AvgIpc) is 2.73. The van der Waals surface area contributed by atoms with Gasteiger partial charge in [0.2, 0.25) is 6.41 Å². The SMILES string of the molecule is C=C(C)/C=C(/C)C(C)CCc1ccc(CC)cc1.CCc1ccccn1.NC=O. The van der Waals surface area contributed by atoms with E-state index in [-0.39, 0.29) is 6.41 Å². The molecular formula is C26H38N2O. The quantitative estimate of drug-likeness (QED) is 0.456. The van der Waals surface area contributed by atoms with Gasteiger partial charge in [0.25, 0.3) is 0 Å². The summed E-state index contributed by atoms with van der Waals surface area (Å²) >= 11 is 0. The number of carbonyl (C=O) groups is 1.